The molecule has 1 unspecified atom stereocenters. The lowest BCUT2D eigenvalue weighted by atomic mass is 9.90. The molecule has 1 atom stereocenters. The summed E-state index contributed by atoms with van der Waals surface area (Å²) in [4.78, 5) is 14.8. The molecule has 0 radical (unpaired) electrons. The van der Waals surface area contributed by atoms with E-state index in [1.807, 2.05) is 18.7 Å². The summed E-state index contributed by atoms with van der Waals surface area (Å²) < 4.78 is 11.5. The number of piperidine rings is 1. The zero-order valence-electron chi connectivity index (χ0n) is 16.5. The largest absolute Gasteiger partial charge is 0.490 e. The minimum absolute atomic E-state index is 0. The van der Waals surface area contributed by atoms with Gasteiger partial charge >= 0.3 is 0 Å². The van der Waals surface area contributed by atoms with E-state index in [-0.39, 0.29) is 24.4 Å². The second kappa shape index (κ2) is 11.6. The lowest BCUT2D eigenvalue weighted by molar-refractivity contribution is 0.0680. The van der Waals surface area contributed by atoms with Gasteiger partial charge in [0.2, 0.25) is 0 Å². The van der Waals surface area contributed by atoms with Crippen molar-refractivity contribution in [3.8, 4) is 11.5 Å². The van der Waals surface area contributed by atoms with Crippen LogP contribution in [0.5, 0.6) is 11.5 Å². The van der Waals surface area contributed by atoms with E-state index < -0.39 is 0 Å². The van der Waals surface area contributed by atoms with Crippen molar-refractivity contribution in [2.24, 2.45) is 11.7 Å². The van der Waals surface area contributed by atoms with Gasteiger partial charge in [-0.3, -0.25) is 4.79 Å². The summed E-state index contributed by atoms with van der Waals surface area (Å²) in [5.41, 5.74) is 6.53. The van der Waals surface area contributed by atoms with E-state index in [4.69, 9.17) is 26.8 Å². The van der Waals surface area contributed by atoms with Crippen LogP contribution in [-0.2, 0) is 0 Å². The molecule has 27 heavy (non-hydrogen) atoms. The fourth-order valence-corrected chi connectivity index (χ4v) is 3.49. The first-order chi connectivity index (χ1) is 12.5. The number of nitrogens with two attached hydrogens (primary N) is 1. The summed E-state index contributed by atoms with van der Waals surface area (Å²) in [6.45, 7) is 8.55. The Kier molecular flexibility index (Phi) is 10.3. The van der Waals surface area contributed by atoms with Crippen molar-refractivity contribution in [3.05, 3.63) is 22.7 Å². The summed E-state index contributed by atoms with van der Waals surface area (Å²) in [6.07, 6.45) is 3.86. The van der Waals surface area contributed by atoms with E-state index >= 15 is 0 Å². The summed E-state index contributed by atoms with van der Waals surface area (Å²) in [5.74, 6) is 1.52. The Balaban J connectivity index is 0.00000364. The molecule has 2 N–H and O–H groups in total. The van der Waals surface area contributed by atoms with E-state index in [0.717, 1.165) is 38.8 Å². The topological polar surface area (TPSA) is 64.8 Å². The van der Waals surface area contributed by atoms with E-state index in [0.29, 0.717) is 41.2 Å². The Hall–Kier alpha value is -1.17. The molecule has 2 rings (SSSR count). The highest BCUT2D eigenvalue weighted by atomic mass is 35.5. The number of rotatable bonds is 8. The maximum atomic E-state index is 12.9. The lowest BCUT2D eigenvalue weighted by Gasteiger charge is -2.33. The third kappa shape index (κ3) is 6.44. The van der Waals surface area contributed by atoms with E-state index in [9.17, 15) is 4.79 Å². The van der Waals surface area contributed by atoms with Crippen LogP contribution in [0.1, 0.15) is 56.8 Å². The first kappa shape index (κ1) is 23.9. The van der Waals surface area contributed by atoms with Gasteiger partial charge in [-0.2, -0.15) is 0 Å². The summed E-state index contributed by atoms with van der Waals surface area (Å²) >= 11 is 6.40. The second-order valence-electron chi connectivity index (χ2n) is 6.91. The number of ether oxygens (including phenoxy) is 2. The number of nitrogens with zero attached hydrogens (tertiary/aromatic N) is 1. The number of hydrogen-bond acceptors (Lipinski definition) is 4. The van der Waals surface area contributed by atoms with Crippen LogP contribution in [0.25, 0.3) is 0 Å². The summed E-state index contributed by atoms with van der Waals surface area (Å²) in [5, 5.41) is 0.417. The number of benzene rings is 1. The number of unbranched alkanes of at least 4 members (excludes halogenated alkanes) is 1. The molecule has 0 aromatic heterocycles. The average Bonchev–Trinajstić information content (AvgIpc) is 2.63. The minimum Gasteiger partial charge on any atom is -0.490 e. The first-order valence-corrected chi connectivity index (χ1v) is 9.99. The highest BCUT2D eigenvalue weighted by Crippen LogP contribution is 2.37. The smallest absolute Gasteiger partial charge is 0.254 e. The Morgan fingerprint density at radius 1 is 1.30 bits per heavy atom. The molecule has 0 saturated carbocycles. The third-order valence-electron chi connectivity index (χ3n) is 4.87. The molecular formula is C20H32Cl2N2O3. The number of amides is 1. The molecule has 0 aliphatic carbocycles. The number of halogens is 2. The Labute approximate surface area is 173 Å². The molecule has 7 heteroatoms. The van der Waals surface area contributed by atoms with Gasteiger partial charge in [-0.15, -0.1) is 12.4 Å². The summed E-state index contributed by atoms with van der Waals surface area (Å²) in [7, 11) is 0. The molecule has 1 fully saturated rings. The van der Waals surface area contributed by atoms with Gasteiger partial charge in [-0.1, -0.05) is 24.9 Å². The van der Waals surface area contributed by atoms with Gasteiger partial charge in [0.05, 0.1) is 18.2 Å². The molecule has 1 aliphatic heterocycles. The highest BCUT2D eigenvalue weighted by molar-refractivity contribution is 6.32. The number of hydrogen-bond donors (Lipinski definition) is 1. The van der Waals surface area contributed by atoms with Crippen molar-refractivity contribution in [2.75, 3.05) is 26.3 Å². The number of carbonyl (C=O) groups is 1. The Morgan fingerprint density at radius 2 is 1.96 bits per heavy atom. The predicted molar refractivity (Wildman–Crippen MR) is 113 cm³/mol. The molecule has 0 bridgehead atoms. The van der Waals surface area contributed by atoms with Gasteiger partial charge in [0.1, 0.15) is 0 Å². The molecular weight excluding hydrogens is 387 g/mol. The van der Waals surface area contributed by atoms with Crippen molar-refractivity contribution >= 4 is 29.9 Å². The van der Waals surface area contributed by atoms with Crippen LogP contribution in [-0.4, -0.2) is 43.2 Å². The zero-order chi connectivity index (χ0) is 19.1. The van der Waals surface area contributed by atoms with Crippen molar-refractivity contribution in [3.63, 3.8) is 0 Å². The maximum Gasteiger partial charge on any atom is 0.254 e. The van der Waals surface area contributed by atoms with Crippen LogP contribution < -0.4 is 15.2 Å². The molecule has 1 aromatic carbocycles. The van der Waals surface area contributed by atoms with Crippen molar-refractivity contribution in [1.29, 1.82) is 0 Å². The number of carbonyl (C=O) groups excluding carboxylic acids is 1. The standard InChI is InChI=1S/C20H31ClN2O3.ClH/c1-4-6-11-26-19-17(21)12-16(13-18(19)25-5-2)20(24)23-9-7-15(8-10-23)14(3)22;/h12-15H,4-11,22H2,1-3H3;1H. The predicted octanol–water partition coefficient (Wildman–Crippen LogP) is 4.54. The molecule has 1 heterocycles. The van der Waals surface area contributed by atoms with Gasteiger partial charge in [-0.25, -0.2) is 0 Å². The molecule has 1 aliphatic rings. The number of likely N-dealkylation sites (tertiary alicyclic amines) is 1. The van der Waals surface area contributed by atoms with Crippen molar-refractivity contribution in [1.82, 2.24) is 4.90 Å². The third-order valence-corrected chi connectivity index (χ3v) is 5.15. The van der Waals surface area contributed by atoms with Crippen molar-refractivity contribution in [2.45, 2.75) is 52.5 Å². The van der Waals surface area contributed by atoms with Crippen LogP contribution in [0.4, 0.5) is 0 Å². The first-order valence-electron chi connectivity index (χ1n) is 9.61. The van der Waals surface area contributed by atoms with Crippen LogP contribution in [0.3, 0.4) is 0 Å². The molecule has 1 amide bonds. The summed E-state index contributed by atoms with van der Waals surface area (Å²) in [6, 6.07) is 3.60. The van der Waals surface area contributed by atoms with Gasteiger partial charge in [0.15, 0.2) is 11.5 Å². The fourth-order valence-electron chi connectivity index (χ4n) is 3.22. The van der Waals surface area contributed by atoms with E-state index in [2.05, 4.69) is 6.92 Å². The Bertz CT molecular complexity index is 603. The Morgan fingerprint density at radius 3 is 2.52 bits per heavy atom. The van der Waals surface area contributed by atoms with E-state index in [1.165, 1.54) is 0 Å². The molecule has 1 aromatic rings. The molecule has 1 saturated heterocycles. The van der Waals surface area contributed by atoms with Crippen LogP contribution in [0.2, 0.25) is 5.02 Å². The van der Waals surface area contributed by atoms with Crippen molar-refractivity contribution < 1.29 is 14.3 Å². The molecule has 154 valence electrons. The minimum atomic E-state index is -0.0175. The highest BCUT2D eigenvalue weighted by Gasteiger charge is 2.26. The average molecular weight is 419 g/mol. The molecule has 5 nitrogen and oxygen atoms in total. The van der Waals surface area contributed by atoms with Gasteiger partial charge in [-0.05, 0) is 51.2 Å². The zero-order valence-corrected chi connectivity index (χ0v) is 18.1. The monoisotopic (exact) mass is 418 g/mol. The van der Waals surface area contributed by atoms with Crippen LogP contribution >= 0.6 is 24.0 Å². The SMILES string of the molecule is CCCCOc1c(Cl)cc(C(=O)N2CCC(C(C)N)CC2)cc1OCC.Cl. The lowest BCUT2D eigenvalue weighted by Crippen LogP contribution is -2.42. The van der Waals surface area contributed by atoms with Crippen LogP contribution in [0, 0.1) is 5.92 Å². The van der Waals surface area contributed by atoms with Gasteiger partial charge in [0.25, 0.3) is 5.91 Å². The van der Waals surface area contributed by atoms with E-state index in [1.54, 1.807) is 12.1 Å². The quantitative estimate of drug-likeness (QED) is 0.629. The van der Waals surface area contributed by atoms with Crippen LogP contribution in [0.15, 0.2) is 12.1 Å². The normalized spacial score (nSPS) is 15.8. The second-order valence-corrected chi connectivity index (χ2v) is 7.32. The molecule has 0 spiro atoms. The fraction of sp³-hybridized carbons (Fsp3) is 0.650. The van der Waals surface area contributed by atoms with Gasteiger partial charge in [0, 0.05) is 24.7 Å². The van der Waals surface area contributed by atoms with Gasteiger partial charge < -0.3 is 20.1 Å². The maximum absolute atomic E-state index is 12.9.